The van der Waals surface area contributed by atoms with Crippen molar-refractivity contribution in [2.45, 2.75) is 18.2 Å². The standard InChI is InChI=1S/C17H14O2.C6H4O3S/c1-2-12-8-9-14-16(10-12)19-11-15(17(14)18)13-6-4-3-5-7-13;7-10(8)6-3-1-5(9-10)2-4-6/h3-11H,2H2,1H3;1-4H. The van der Waals surface area contributed by atoms with E-state index >= 15 is 0 Å². The quantitative estimate of drug-likeness (QED) is 0.448. The molecule has 2 bridgehead atoms. The summed E-state index contributed by atoms with van der Waals surface area (Å²) in [5.74, 6) is 0.384. The minimum absolute atomic E-state index is 0.0232. The molecule has 0 fully saturated rings. The molecule has 0 radical (unpaired) electrons. The third kappa shape index (κ3) is 3.79. The molecule has 0 unspecified atom stereocenters. The van der Waals surface area contributed by atoms with Gasteiger partial charge in [0, 0.05) is 0 Å². The molecule has 3 heterocycles. The molecule has 0 amide bonds. The molecule has 0 atom stereocenters. The summed E-state index contributed by atoms with van der Waals surface area (Å²) in [6.07, 6.45) is 2.49. The van der Waals surface area contributed by atoms with Crippen LogP contribution in [0.15, 0.2) is 93.2 Å². The Labute approximate surface area is 168 Å². The molecule has 6 rings (SSSR count). The number of rotatable bonds is 2. The van der Waals surface area contributed by atoms with E-state index in [9.17, 15) is 13.2 Å². The molecule has 2 aliphatic heterocycles. The van der Waals surface area contributed by atoms with Crippen LogP contribution in [0, 0.1) is 0 Å². The molecule has 0 aliphatic carbocycles. The van der Waals surface area contributed by atoms with Gasteiger partial charge in [-0.2, -0.15) is 8.42 Å². The van der Waals surface area contributed by atoms with Crippen LogP contribution in [0.4, 0.5) is 0 Å². The van der Waals surface area contributed by atoms with Gasteiger partial charge in [0.2, 0.25) is 0 Å². The van der Waals surface area contributed by atoms with Crippen molar-refractivity contribution in [1.82, 2.24) is 0 Å². The Morgan fingerprint density at radius 3 is 2.17 bits per heavy atom. The van der Waals surface area contributed by atoms with E-state index in [2.05, 4.69) is 11.1 Å². The summed E-state index contributed by atoms with van der Waals surface area (Å²) >= 11 is 0. The van der Waals surface area contributed by atoms with Crippen molar-refractivity contribution in [1.29, 1.82) is 0 Å². The molecule has 4 aromatic rings. The fourth-order valence-electron chi connectivity index (χ4n) is 3.05. The van der Waals surface area contributed by atoms with E-state index in [0.29, 0.717) is 22.3 Å². The van der Waals surface area contributed by atoms with Gasteiger partial charge in [0.05, 0.1) is 10.9 Å². The number of hydrogen-bond acceptors (Lipinski definition) is 5. The van der Waals surface area contributed by atoms with E-state index in [4.69, 9.17) is 4.42 Å². The molecular weight excluding hydrogens is 388 g/mol. The fourth-order valence-corrected chi connectivity index (χ4v) is 3.98. The second-order valence-corrected chi connectivity index (χ2v) is 8.08. The van der Waals surface area contributed by atoms with Crippen molar-refractivity contribution < 1.29 is 17.0 Å². The van der Waals surface area contributed by atoms with Crippen LogP contribution in [0.3, 0.4) is 0 Å². The van der Waals surface area contributed by atoms with Gasteiger partial charge in [-0.05, 0) is 53.9 Å². The zero-order valence-corrected chi connectivity index (χ0v) is 16.5. The van der Waals surface area contributed by atoms with Crippen molar-refractivity contribution in [2.75, 3.05) is 0 Å². The third-order valence-corrected chi connectivity index (χ3v) is 5.91. The van der Waals surface area contributed by atoms with Crippen LogP contribution >= 0.6 is 0 Å². The summed E-state index contributed by atoms with van der Waals surface area (Å²) < 4.78 is 31.9. The van der Waals surface area contributed by atoms with Crippen LogP contribution < -0.4 is 9.61 Å². The molecule has 3 aromatic carbocycles. The minimum Gasteiger partial charge on any atom is -0.463 e. The SMILES string of the molecule is CCc1ccc2c(=O)c(-c3ccccc3)coc2c1.O=S1(=O)Oc2ccc1cc2. The second kappa shape index (κ2) is 7.56. The molecule has 2 aliphatic rings. The zero-order chi connectivity index (χ0) is 20.4. The molecule has 0 N–H and O–H groups in total. The summed E-state index contributed by atoms with van der Waals surface area (Å²) in [5.41, 5.74) is 3.34. The first-order valence-electron chi connectivity index (χ1n) is 9.12. The van der Waals surface area contributed by atoms with Gasteiger partial charge in [-0.1, -0.05) is 43.3 Å². The van der Waals surface area contributed by atoms with E-state index in [0.717, 1.165) is 12.0 Å². The molecule has 5 nitrogen and oxygen atoms in total. The molecule has 6 heteroatoms. The molecule has 0 saturated carbocycles. The molecule has 0 saturated heterocycles. The number of fused-ring (bicyclic) bond motifs is 4. The van der Waals surface area contributed by atoms with Crippen molar-refractivity contribution in [3.63, 3.8) is 0 Å². The number of benzene rings is 3. The summed E-state index contributed by atoms with van der Waals surface area (Å²) in [4.78, 5) is 12.7. The molecular formula is C23H18O5S. The van der Waals surface area contributed by atoms with Gasteiger partial charge >= 0.3 is 10.1 Å². The van der Waals surface area contributed by atoms with E-state index in [1.54, 1.807) is 18.4 Å². The number of aryl methyl sites for hydroxylation is 1. The van der Waals surface area contributed by atoms with E-state index in [1.165, 1.54) is 17.7 Å². The summed E-state index contributed by atoms with van der Waals surface area (Å²) in [6, 6.07) is 21.6. The van der Waals surface area contributed by atoms with Crippen LogP contribution in [-0.2, 0) is 16.5 Å². The summed E-state index contributed by atoms with van der Waals surface area (Å²) in [5, 5.41) is 0.638. The second-order valence-electron chi connectivity index (χ2n) is 6.54. The van der Waals surface area contributed by atoms with Crippen LogP contribution in [0.2, 0.25) is 0 Å². The van der Waals surface area contributed by atoms with Gasteiger partial charge in [-0.25, -0.2) is 0 Å². The normalized spacial score (nSPS) is 13.4. The van der Waals surface area contributed by atoms with Gasteiger partial charge in [0.1, 0.15) is 22.5 Å². The predicted octanol–water partition coefficient (Wildman–Crippen LogP) is 4.79. The summed E-state index contributed by atoms with van der Waals surface area (Å²) in [7, 11) is -3.42. The Morgan fingerprint density at radius 2 is 1.62 bits per heavy atom. The first-order valence-corrected chi connectivity index (χ1v) is 10.5. The largest absolute Gasteiger partial charge is 0.463 e. The highest BCUT2D eigenvalue weighted by molar-refractivity contribution is 7.87. The smallest absolute Gasteiger partial charge is 0.339 e. The molecule has 0 spiro atoms. The number of hydrogen-bond donors (Lipinski definition) is 0. The molecule has 146 valence electrons. The van der Waals surface area contributed by atoms with Gasteiger partial charge in [0.25, 0.3) is 0 Å². The van der Waals surface area contributed by atoms with Crippen LogP contribution in [0.25, 0.3) is 22.1 Å². The van der Waals surface area contributed by atoms with Crippen molar-refractivity contribution in [3.8, 4) is 16.9 Å². The van der Waals surface area contributed by atoms with Crippen LogP contribution in [0.5, 0.6) is 5.75 Å². The van der Waals surface area contributed by atoms with Gasteiger partial charge < -0.3 is 8.60 Å². The fraction of sp³-hybridized carbons (Fsp3) is 0.0870. The van der Waals surface area contributed by atoms with Gasteiger partial charge in [-0.3, -0.25) is 4.79 Å². The third-order valence-electron chi connectivity index (χ3n) is 4.65. The Hall–Kier alpha value is -3.38. The van der Waals surface area contributed by atoms with E-state index < -0.39 is 10.1 Å². The highest BCUT2D eigenvalue weighted by Gasteiger charge is 2.21. The highest BCUT2D eigenvalue weighted by Crippen LogP contribution is 2.25. The van der Waals surface area contributed by atoms with E-state index in [1.807, 2.05) is 48.5 Å². The summed E-state index contributed by atoms with van der Waals surface area (Å²) in [6.45, 7) is 2.08. The maximum absolute atomic E-state index is 12.5. The Bertz CT molecular complexity index is 1320. The van der Waals surface area contributed by atoms with Crippen molar-refractivity contribution in [3.05, 3.63) is 94.8 Å². The van der Waals surface area contributed by atoms with Crippen molar-refractivity contribution >= 4 is 21.1 Å². The lowest BCUT2D eigenvalue weighted by Crippen LogP contribution is -2.13. The lowest BCUT2D eigenvalue weighted by atomic mass is 10.0. The lowest BCUT2D eigenvalue weighted by molar-refractivity contribution is 0.478. The Morgan fingerprint density at radius 1 is 0.897 bits per heavy atom. The van der Waals surface area contributed by atoms with Crippen LogP contribution in [0.1, 0.15) is 12.5 Å². The highest BCUT2D eigenvalue weighted by atomic mass is 32.2. The predicted molar refractivity (Wildman–Crippen MR) is 112 cm³/mol. The monoisotopic (exact) mass is 406 g/mol. The average Bonchev–Trinajstić information content (AvgIpc) is 2.75. The Kier molecular flexibility index (Phi) is 4.94. The molecule has 29 heavy (non-hydrogen) atoms. The Balaban J connectivity index is 0.000000171. The first-order chi connectivity index (χ1) is 14.0. The maximum Gasteiger partial charge on any atom is 0.339 e. The maximum atomic E-state index is 12.5. The van der Waals surface area contributed by atoms with E-state index in [-0.39, 0.29) is 10.3 Å². The minimum atomic E-state index is -3.42. The van der Waals surface area contributed by atoms with Gasteiger partial charge in [-0.15, -0.1) is 0 Å². The van der Waals surface area contributed by atoms with Crippen molar-refractivity contribution in [2.24, 2.45) is 0 Å². The lowest BCUT2D eigenvalue weighted by Gasteiger charge is -2.12. The van der Waals surface area contributed by atoms with Crippen LogP contribution in [-0.4, -0.2) is 8.42 Å². The first kappa shape index (κ1) is 19.0. The topological polar surface area (TPSA) is 73.6 Å². The van der Waals surface area contributed by atoms with Gasteiger partial charge in [0.15, 0.2) is 5.43 Å². The average molecular weight is 406 g/mol. The zero-order valence-electron chi connectivity index (χ0n) is 15.7. The molecule has 1 aromatic heterocycles.